The van der Waals surface area contributed by atoms with Crippen molar-refractivity contribution >= 4 is 56.1 Å². The molecule has 10 aromatic rings. The first-order valence-electron chi connectivity index (χ1n) is 17.7. The monoisotopic (exact) mass is 860 g/mol. The number of pyridine rings is 10. The van der Waals surface area contributed by atoms with Gasteiger partial charge in [0.25, 0.3) is 0 Å². The van der Waals surface area contributed by atoms with Gasteiger partial charge in [0.15, 0.2) is 22.6 Å². The number of fused-ring (bicyclic) bond motifs is 4. The van der Waals surface area contributed by atoms with Crippen molar-refractivity contribution < 1.29 is 39.3 Å². The predicted octanol–water partition coefficient (Wildman–Crippen LogP) is 8.00. The molecule has 0 aliphatic rings. The van der Waals surface area contributed by atoms with Crippen molar-refractivity contribution in [2.75, 3.05) is 0 Å². The van der Waals surface area contributed by atoms with Crippen LogP contribution < -0.4 is 0 Å². The van der Waals surface area contributed by atoms with Gasteiger partial charge in [0, 0.05) is 65.8 Å². The number of aromatic carboxylic acids is 2. The van der Waals surface area contributed by atoms with Crippen molar-refractivity contribution in [3.05, 3.63) is 157 Å². The van der Waals surface area contributed by atoms with Crippen LogP contribution in [0.15, 0.2) is 146 Å². The van der Waals surface area contributed by atoms with Crippen molar-refractivity contribution in [3.63, 3.8) is 0 Å². The summed E-state index contributed by atoms with van der Waals surface area (Å²) in [7, 11) is 0. The third-order valence-corrected chi connectivity index (χ3v) is 9.05. The van der Waals surface area contributed by atoms with Crippen LogP contribution in [0.5, 0.6) is 0 Å². The third-order valence-electron chi connectivity index (χ3n) is 9.05. The van der Waals surface area contributed by atoms with Crippen LogP contribution >= 0.6 is 0 Å². The van der Waals surface area contributed by atoms with Crippen LogP contribution in [0.3, 0.4) is 0 Å². The summed E-state index contributed by atoms with van der Waals surface area (Å²) in [6.45, 7) is 0. The fourth-order valence-electron chi connectivity index (χ4n) is 6.22. The summed E-state index contributed by atoms with van der Waals surface area (Å²) in [5.41, 5.74) is 6.43. The van der Waals surface area contributed by atoms with E-state index in [4.69, 9.17) is 0 Å². The molecule has 10 rings (SSSR count). The zero-order chi connectivity index (χ0) is 39.6. The van der Waals surface area contributed by atoms with Crippen LogP contribution in [0.2, 0.25) is 0 Å². The molecular weight excluding hydrogens is 834 g/mol. The van der Waals surface area contributed by atoms with E-state index in [9.17, 15) is 19.8 Å². The molecule has 0 fully saturated rings. The maximum atomic E-state index is 11.7. The van der Waals surface area contributed by atoms with E-state index in [2.05, 4.69) is 49.8 Å². The minimum Gasteiger partial charge on any atom is -0.478 e. The Labute approximate surface area is 346 Å². The Morgan fingerprint density at radius 3 is 0.831 bits per heavy atom. The van der Waals surface area contributed by atoms with E-state index in [1.54, 1.807) is 49.1 Å². The van der Waals surface area contributed by atoms with Crippen molar-refractivity contribution in [3.8, 4) is 45.6 Å². The topological polar surface area (TPSA) is 203 Å². The number of aromatic nitrogens is 10. The molecule has 10 heterocycles. The second kappa shape index (κ2) is 16.3. The normalized spacial score (nSPS) is 10.8. The molecule has 0 aliphatic carbocycles. The van der Waals surface area contributed by atoms with Gasteiger partial charge in [-0.2, -0.15) is 0 Å². The molecule has 0 amide bonds. The van der Waals surface area contributed by atoms with Gasteiger partial charge in [-0.15, -0.1) is 0 Å². The molecule has 0 aromatic carbocycles. The van der Waals surface area contributed by atoms with Crippen molar-refractivity contribution in [2.45, 2.75) is 0 Å². The predicted molar refractivity (Wildman–Crippen MR) is 217 cm³/mol. The summed E-state index contributed by atoms with van der Waals surface area (Å²) >= 11 is 0. The van der Waals surface area contributed by atoms with E-state index in [0.29, 0.717) is 68.1 Å². The maximum absolute atomic E-state index is 11.7. The molecule has 0 radical (unpaired) electrons. The Kier molecular flexibility index (Phi) is 10.5. The van der Waals surface area contributed by atoms with Crippen LogP contribution in [0.25, 0.3) is 89.7 Å². The minimum absolute atomic E-state index is 0. The second-order valence-electron chi connectivity index (χ2n) is 12.8. The van der Waals surface area contributed by atoms with Gasteiger partial charge in [0.1, 0.15) is 0 Å². The number of carboxylic acid groups (broad SMARTS) is 2. The van der Waals surface area contributed by atoms with E-state index in [-0.39, 0.29) is 30.6 Å². The molecule has 10 aromatic heterocycles. The molecule has 15 heteroatoms. The van der Waals surface area contributed by atoms with E-state index >= 15 is 0 Å². The van der Waals surface area contributed by atoms with E-state index < -0.39 is 11.9 Å². The summed E-state index contributed by atoms with van der Waals surface area (Å²) in [6.07, 6.45) is 6.66. The molecule has 2 N–H and O–H groups in total. The van der Waals surface area contributed by atoms with Gasteiger partial charge in [-0.1, -0.05) is 0 Å². The molecule has 0 aliphatic heterocycles. The largest absolute Gasteiger partial charge is 0.478 e. The maximum Gasteiger partial charge on any atom is 0.335 e. The Bertz CT molecular complexity index is 2830. The Morgan fingerprint density at radius 1 is 0.339 bits per heavy atom. The number of nitrogens with zero attached hydrogens (tertiary/aromatic N) is 10. The Balaban J connectivity index is 0.000000161. The second-order valence-corrected chi connectivity index (χ2v) is 12.8. The van der Waals surface area contributed by atoms with Gasteiger partial charge in [0.2, 0.25) is 0 Å². The van der Waals surface area contributed by atoms with E-state index in [1.165, 1.54) is 24.3 Å². The number of rotatable bonds is 6. The molecule has 0 atom stereocenters. The minimum atomic E-state index is -1.05. The molecular formula is C44H26N10O4Ru. The van der Waals surface area contributed by atoms with Gasteiger partial charge in [-0.3, -0.25) is 0 Å². The van der Waals surface area contributed by atoms with Crippen LogP contribution in [-0.2, 0) is 19.5 Å². The summed E-state index contributed by atoms with van der Waals surface area (Å²) in [6, 6.07) is 35.8. The number of carbonyl (C=O) groups is 2. The molecule has 0 unspecified atom stereocenters. The first-order chi connectivity index (χ1) is 28.3. The third kappa shape index (κ3) is 8.04. The number of hydrogen-bond donors (Lipinski definition) is 2. The molecule has 284 valence electrons. The molecule has 0 saturated heterocycles. The van der Waals surface area contributed by atoms with Gasteiger partial charge >= 0.3 is 11.9 Å². The summed E-state index contributed by atoms with van der Waals surface area (Å²) in [4.78, 5) is 67.8. The van der Waals surface area contributed by atoms with Crippen molar-refractivity contribution in [1.82, 2.24) is 49.8 Å². The van der Waals surface area contributed by atoms with Crippen molar-refractivity contribution in [1.29, 1.82) is 0 Å². The van der Waals surface area contributed by atoms with Gasteiger partial charge in [0.05, 0.1) is 56.7 Å². The fraction of sp³-hybridized carbons (Fsp3) is 0. The van der Waals surface area contributed by atoms with E-state index in [1.807, 2.05) is 72.8 Å². The molecule has 0 spiro atoms. The van der Waals surface area contributed by atoms with Gasteiger partial charge in [-0.25, -0.2) is 59.4 Å². The molecule has 0 saturated carbocycles. The van der Waals surface area contributed by atoms with Gasteiger partial charge in [-0.05, 0) is 121 Å². The van der Waals surface area contributed by atoms with Crippen LogP contribution in [-0.4, -0.2) is 72.0 Å². The van der Waals surface area contributed by atoms with Crippen LogP contribution in [0, 0.1) is 0 Å². The fourth-order valence-corrected chi connectivity index (χ4v) is 6.22. The standard InChI is InChI=1S/2C22H13N5O2.Ru/c2*28-22(29)15-11-18(16-7-5-13-3-1-9-23-20(13)26-16)25-19(12-15)17-8-6-14-4-2-10-24-21(14)27-17;/h2*1-12H,(H,28,29);. The average Bonchev–Trinajstić information content (AvgIpc) is 3.28. The summed E-state index contributed by atoms with van der Waals surface area (Å²) in [5, 5.41) is 22.7. The number of hydrogen-bond acceptors (Lipinski definition) is 12. The Morgan fingerprint density at radius 2 is 0.593 bits per heavy atom. The first-order valence-corrected chi connectivity index (χ1v) is 17.7. The SMILES string of the molecule is O=C(O)c1cc(-c2ccc3cccnc3n2)nc(-c2ccc3cccnc3n2)c1.O=C(O)c1cc(-c2ccc3cccnc3n2)nc(-c2ccc3cccnc3n2)c1.[Ru]. The Hall–Kier alpha value is -7.90. The zero-order valence-corrected chi connectivity index (χ0v) is 32.1. The zero-order valence-electron chi connectivity index (χ0n) is 30.4. The van der Waals surface area contributed by atoms with E-state index in [0.717, 1.165) is 21.5 Å². The molecule has 59 heavy (non-hydrogen) atoms. The molecule has 0 bridgehead atoms. The van der Waals surface area contributed by atoms with Gasteiger partial charge < -0.3 is 10.2 Å². The van der Waals surface area contributed by atoms with Crippen molar-refractivity contribution in [2.24, 2.45) is 0 Å². The average molecular weight is 860 g/mol. The first kappa shape index (κ1) is 38.0. The van der Waals surface area contributed by atoms with Crippen LogP contribution in [0.1, 0.15) is 20.7 Å². The smallest absolute Gasteiger partial charge is 0.335 e. The quantitative estimate of drug-likeness (QED) is 0.152. The summed E-state index contributed by atoms with van der Waals surface area (Å²) in [5.74, 6) is -2.10. The van der Waals surface area contributed by atoms with Crippen LogP contribution in [0.4, 0.5) is 0 Å². The molecule has 14 nitrogen and oxygen atoms in total. The number of carboxylic acids is 2. The summed E-state index contributed by atoms with van der Waals surface area (Å²) < 4.78 is 0.